The van der Waals surface area contributed by atoms with Gasteiger partial charge in [-0.25, -0.2) is 13.9 Å². The smallest absolute Gasteiger partial charge is 0.394 e. The molecule has 0 aromatic carbocycles. The van der Waals surface area contributed by atoms with Gasteiger partial charge in [-0.05, 0) is 32.5 Å². The predicted molar refractivity (Wildman–Crippen MR) is 144 cm³/mol. The van der Waals surface area contributed by atoms with Crippen molar-refractivity contribution in [2.75, 3.05) is 32.5 Å². The summed E-state index contributed by atoms with van der Waals surface area (Å²) in [6.07, 6.45) is -11.7. The zero-order valence-electron chi connectivity index (χ0n) is 23.3. The zero-order valence-corrected chi connectivity index (χ0v) is 25.1. The monoisotopic (exact) mass is 677 g/mol. The van der Waals surface area contributed by atoms with Crippen molar-refractivity contribution in [1.82, 2.24) is 20.2 Å². The summed E-state index contributed by atoms with van der Waals surface area (Å²) < 4.78 is 50.2. The van der Waals surface area contributed by atoms with Crippen LogP contribution in [0.5, 0.6) is 0 Å². The number of hydrogen-bond acceptors (Lipinski definition) is 17. The molecule has 252 valence electrons. The van der Waals surface area contributed by atoms with Crippen molar-refractivity contribution < 1.29 is 72.1 Å². The van der Waals surface area contributed by atoms with Gasteiger partial charge in [0.25, 0.3) is 0 Å². The molecule has 3 heterocycles. The van der Waals surface area contributed by atoms with E-state index in [4.69, 9.17) is 19.7 Å². The van der Waals surface area contributed by atoms with E-state index < -0.39 is 95.6 Å². The Kier molecular flexibility index (Phi) is 13.0. The number of phosphoric acid groups is 2. The minimum absolute atomic E-state index is 0.0434. The standard InChI is InChI=1S/C21H37N5O16P2/c1-23-6-3-2-4-13(28)25-14-17(31)15(29)10(8-27)40-20(14)41-44(36,37)42-43(34,35)38-9-11-16(30)18(32)19(39-11)26-7-5-12(22)24-21(26)33/h5,7,10-11,14-20,23,27,29-32H,2-4,6,8-9H2,1H3,(H,25,28)(H,34,35)(H,36,37)(H2,22,24,33)/t10?,11?,14?,15-,16?,17+,18?,19?,20+/m0/s1. The summed E-state index contributed by atoms with van der Waals surface area (Å²) in [7, 11) is -9.46. The molecule has 1 amide bonds. The van der Waals surface area contributed by atoms with Gasteiger partial charge in [0.05, 0.1) is 13.2 Å². The lowest BCUT2D eigenvalue weighted by Crippen LogP contribution is -2.64. The van der Waals surface area contributed by atoms with E-state index >= 15 is 0 Å². The molecule has 3 rings (SSSR count). The highest BCUT2D eigenvalue weighted by molar-refractivity contribution is 7.61. The summed E-state index contributed by atoms with van der Waals surface area (Å²) >= 11 is 0. The fourth-order valence-electron chi connectivity index (χ4n) is 4.36. The summed E-state index contributed by atoms with van der Waals surface area (Å²) in [5.41, 5.74) is 4.48. The first-order valence-corrected chi connectivity index (χ1v) is 16.2. The van der Waals surface area contributed by atoms with Crippen LogP contribution in [0.3, 0.4) is 0 Å². The van der Waals surface area contributed by atoms with Gasteiger partial charge >= 0.3 is 21.3 Å². The summed E-state index contributed by atoms with van der Waals surface area (Å²) in [5, 5.41) is 55.9. The quantitative estimate of drug-likeness (QED) is 0.0624. The number of aromatic nitrogens is 2. The maximum Gasteiger partial charge on any atom is 0.483 e. The number of nitrogen functional groups attached to an aromatic ring is 1. The molecule has 23 heteroatoms. The number of unbranched alkanes of at least 4 members (excludes halogenated alkanes) is 1. The van der Waals surface area contributed by atoms with Gasteiger partial charge in [-0.15, -0.1) is 0 Å². The van der Waals surface area contributed by atoms with Crippen molar-refractivity contribution in [2.24, 2.45) is 0 Å². The molecule has 11 atom stereocenters. The molecular weight excluding hydrogens is 640 g/mol. The molecule has 21 nitrogen and oxygen atoms in total. The molecule has 2 aliphatic rings. The lowest BCUT2D eigenvalue weighted by atomic mass is 9.97. The lowest BCUT2D eigenvalue weighted by molar-refractivity contribution is -0.248. The SMILES string of the molecule is CNCCCCC(=O)NC1[C@@H](OP(=O)(O)OP(=O)(O)OCC2OC(n3ccc(N)nc3=O)C(O)C2O)OC(CO)[C@H](O)[C@@H]1O. The van der Waals surface area contributed by atoms with Crippen LogP contribution in [0.25, 0.3) is 0 Å². The Labute approximate surface area is 249 Å². The molecule has 0 radical (unpaired) electrons. The third-order valence-electron chi connectivity index (χ3n) is 6.60. The van der Waals surface area contributed by atoms with Crippen LogP contribution in [-0.2, 0) is 36.8 Å². The summed E-state index contributed by atoms with van der Waals surface area (Å²) in [6, 6.07) is -0.485. The number of aliphatic hydroxyl groups is 5. The molecule has 2 aliphatic heterocycles. The Morgan fingerprint density at radius 2 is 1.75 bits per heavy atom. The van der Waals surface area contributed by atoms with E-state index in [1.807, 2.05) is 0 Å². The molecule has 2 fully saturated rings. The fraction of sp³-hybridized carbons (Fsp3) is 0.762. The number of rotatable bonds is 15. The highest BCUT2D eigenvalue weighted by Crippen LogP contribution is 2.61. The van der Waals surface area contributed by atoms with Gasteiger partial charge < -0.3 is 61.2 Å². The number of carbonyl (C=O) groups excluding carboxylic acids is 1. The van der Waals surface area contributed by atoms with Gasteiger partial charge in [-0.3, -0.25) is 18.4 Å². The zero-order chi connectivity index (χ0) is 32.8. The first-order chi connectivity index (χ1) is 20.6. The second-order valence-electron chi connectivity index (χ2n) is 9.87. The van der Waals surface area contributed by atoms with Gasteiger partial charge in [0.15, 0.2) is 12.5 Å². The van der Waals surface area contributed by atoms with Gasteiger partial charge in [-0.2, -0.15) is 9.29 Å². The number of ether oxygens (including phenoxy) is 2. The average Bonchev–Trinajstić information content (AvgIpc) is 3.22. The van der Waals surface area contributed by atoms with Crippen molar-refractivity contribution in [3.8, 4) is 0 Å². The topological polar surface area (TPSA) is 324 Å². The second-order valence-corrected chi connectivity index (χ2v) is 12.9. The van der Waals surface area contributed by atoms with E-state index in [0.717, 1.165) is 10.8 Å². The first-order valence-electron chi connectivity index (χ1n) is 13.2. The number of anilines is 1. The van der Waals surface area contributed by atoms with E-state index in [0.29, 0.717) is 19.4 Å². The van der Waals surface area contributed by atoms with E-state index in [9.17, 15) is 54.0 Å². The second kappa shape index (κ2) is 15.6. The molecule has 0 aliphatic carbocycles. The average molecular weight is 677 g/mol. The first kappa shape index (κ1) is 36.6. The molecule has 0 spiro atoms. The van der Waals surface area contributed by atoms with Crippen LogP contribution in [-0.4, -0.2) is 127 Å². The Hall–Kier alpha value is -1.91. The maximum atomic E-state index is 12.7. The number of phosphoric ester groups is 2. The highest BCUT2D eigenvalue weighted by atomic mass is 31.3. The van der Waals surface area contributed by atoms with Gasteiger partial charge in [0.1, 0.15) is 48.5 Å². The maximum absolute atomic E-state index is 12.7. The molecule has 11 N–H and O–H groups in total. The van der Waals surface area contributed by atoms with Crippen LogP contribution in [0.4, 0.5) is 5.82 Å². The lowest BCUT2D eigenvalue weighted by Gasteiger charge is -2.42. The third kappa shape index (κ3) is 9.55. The molecular formula is C21H37N5O16P2. The van der Waals surface area contributed by atoms with Crippen molar-refractivity contribution >= 4 is 27.4 Å². The Bertz CT molecular complexity index is 1270. The van der Waals surface area contributed by atoms with Crippen molar-refractivity contribution in [1.29, 1.82) is 0 Å². The van der Waals surface area contributed by atoms with Gasteiger partial charge in [0.2, 0.25) is 5.91 Å². The Morgan fingerprint density at radius 1 is 1.07 bits per heavy atom. The summed E-state index contributed by atoms with van der Waals surface area (Å²) in [6.45, 7) is -1.29. The molecule has 0 bridgehead atoms. The molecule has 44 heavy (non-hydrogen) atoms. The molecule has 2 saturated heterocycles. The highest BCUT2D eigenvalue weighted by Gasteiger charge is 2.50. The minimum atomic E-state index is -5.65. The molecule has 1 aromatic heterocycles. The van der Waals surface area contributed by atoms with Crippen LogP contribution in [0.1, 0.15) is 25.5 Å². The fourth-order valence-corrected chi connectivity index (χ4v) is 6.52. The Balaban J connectivity index is 1.64. The van der Waals surface area contributed by atoms with Crippen LogP contribution in [0, 0.1) is 0 Å². The van der Waals surface area contributed by atoms with Gasteiger partial charge in [-0.1, -0.05) is 0 Å². The van der Waals surface area contributed by atoms with E-state index in [1.54, 1.807) is 7.05 Å². The van der Waals surface area contributed by atoms with Crippen LogP contribution >= 0.6 is 15.6 Å². The number of aliphatic hydroxyl groups excluding tert-OH is 5. The molecule has 8 unspecified atom stereocenters. The van der Waals surface area contributed by atoms with E-state index in [2.05, 4.69) is 24.5 Å². The number of nitrogens with one attached hydrogen (secondary N) is 2. The number of hydrogen-bond donors (Lipinski definition) is 10. The Morgan fingerprint density at radius 3 is 2.39 bits per heavy atom. The summed E-state index contributed by atoms with van der Waals surface area (Å²) in [5.74, 6) is -0.784. The predicted octanol–water partition coefficient (Wildman–Crippen LogP) is -3.99. The largest absolute Gasteiger partial charge is 0.483 e. The van der Waals surface area contributed by atoms with Crippen molar-refractivity contribution in [2.45, 2.75) is 74.4 Å². The van der Waals surface area contributed by atoms with Crippen LogP contribution in [0.15, 0.2) is 17.1 Å². The van der Waals surface area contributed by atoms with Crippen molar-refractivity contribution in [3.63, 3.8) is 0 Å². The van der Waals surface area contributed by atoms with E-state index in [-0.39, 0.29) is 12.2 Å². The van der Waals surface area contributed by atoms with Gasteiger partial charge in [0, 0.05) is 12.6 Å². The van der Waals surface area contributed by atoms with Crippen LogP contribution in [0.2, 0.25) is 0 Å². The number of carbonyl (C=O) groups is 1. The number of amides is 1. The number of nitrogens with zero attached hydrogens (tertiary/aromatic N) is 2. The molecule has 1 aromatic rings. The normalized spacial score (nSPS) is 33.4. The third-order valence-corrected chi connectivity index (χ3v) is 9.20. The minimum Gasteiger partial charge on any atom is -0.394 e. The van der Waals surface area contributed by atoms with E-state index in [1.165, 1.54) is 6.07 Å². The number of nitrogens with two attached hydrogens (primary N) is 1. The molecule has 0 saturated carbocycles. The summed E-state index contributed by atoms with van der Waals surface area (Å²) in [4.78, 5) is 48.2. The van der Waals surface area contributed by atoms with Crippen molar-refractivity contribution in [3.05, 3.63) is 22.7 Å². The van der Waals surface area contributed by atoms with Crippen LogP contribution < -0.4 is 22.1 Å².